The molecular formula is C9H12N2O. The van der Waals surface area contributed by atoms with Gasteiger partial charge in [0.2, 0.25) is 0 Å². The Morgan fingerprint density at radius 3 is 2.92 bits per heavy atom. The quantitative estimate of drug-likeness (QED) is 0.715. The number of anilines is 1. The Bertz CT molecular complexity index is 232. The molecular weight excluding hydrogens is 152 g/mol. The van der Waals surface area contributed by atoms with E-state index in [2.05, 4.69) is 10.3 Å². The summed E-state index contributed by atoms with van der Waals surface area (Å²) in [4.78, 5) is 3.95. The van der Waals surface area contributed by atoms with Crippen LogP contribution in [0.1, 0.15) is 6.42 Å². The largest absolute Gasteiger partial charge is 0.380 e. The zero-order valence-corrected chi connectivity index (χ0v) is 6.86. The van der Waals surface area contributed by atoms with Crippen LogP contribution in [0.3, 0.4) is 0 Å². The van der Waals surface area contributed by atoms with E-state index < -0.39 is 0 Å². The lowest BCUT2D eigenvalue weighted by Gasteiger charge is -2.10. The van der Waals surface area contributed by atoms with Gasteiger partial charge in [0.05, 0.1) is 12.6 Å². The van der Waals surface area contributed by atoms with Crippen molar-refractivity contribution in [2.75, 3.05) is 18.5 Å². The Labute approximate surface area is 71.8 Å². The molecule has 1 aliphatic heterocycles. The van der Waals surface area contributed by atoms with Gasteiger partial charge in [-0.15, -0.1) is 0 Å². The van der Waals surface area contributed by atoms with Crippen molar-refractivity contribution in [1.82, 2.24) is 4.98 Å². The molecule has 12 heavy (non-hydrogen) atoms. The Morgan fingerprint density at radius 2 is 2.25 bits per heavy atom. The maximum absolute atomic E-state index is 5.25. The molecule has 0 bridgehead atoms. The van der Waals surface area contributed by atoms with Crippen LogP contribution in [0.4, 0.5) is 5.69 Å². The minimum Gasteiger partial charge on any atom is -0.380 e. The van der Waals surface area contributed by atoms with Gasteiger partial charge in [0, 0.05) is 24.7 Å². The van der Waals surface area contributed by atoms with Crippen molar-refractivity contribution in [3.8, 4) is 0 Å². The van der Waals surface area contributed by atoms with Gasteiger partial charge in [-0.05, 0) is 18.6 Å². The zero-order valence-electron chi connectivity index (χ0n) is 6.86. The third-order valence-electron chi connectivity index (χ3n) is 1.98. The van der Waals surface area contributed by atoms with Crippen LogP contribution in [0.2, 0.25) is 0 Å². The fourth-order valence-electron chi connectivity index (χ4n) is 1.33. The van der Waals surface area contributed by atoms with Crippen LogP contribution in [0.5, 0.6) is 0 Å². The van der Waals surface area contributed by atoms with Gasteiger partial charge in [-0.3, -0.25) is 4.98 Å². The number of ether oxygens (including phenoxy) is 1. The second-order valence-corrected chi connectivity index (χ2v) is 2.94. The number of rotatable bonds is 2. The predicted molar refractivity (Wildman–Crippen MR) is 47.1 cm³/mol. The molecule has 0 spiro atoms. The summed E-state index contributed by atoms with van der Waals surface area (Å²) < 4.78 is 5.25. The van der Waals surface area contributed by atoms with Gasteiger partial charge in [0.15, 0.2) is 0 Å². The summed E-state index contributed by atoms with van der Waals surface area (Å²) in [5.41, 5.74) is 1.13. The van der Waals surface area contributed by atoms with E-state index in [4.69, 9.17) is 4.74 Å². The molecule has 0 aliphatic carbocycles. The second-order valence-electron chi connectivity index (χ2n) is 2.94. The zero-order chi connectivity index (χ0) is 8.23. The average molecular weight is 164 g/mol. The van der Waals surface area contributed by atoms with Crippen LogP contribution in [0.25, 0.3) is 0 Å². The first-order valence-electron chi connectivity index (χ1n) is 4.19. The molecule has 3 nitrogen and oxygen atoms in total. The lowest BCUT2D eigenvalue weighted by atomic mass is 10.2. The standard InChI is InChI=1S/C9H12N2O/c1-4-10-5-2-8(1)11-9-3-6-12-7-9/h1-2,4-5,9H,3,6-7H2,(H,10,11). The Morgan fingerprint density at radius 1 is 1.42 bits per heavy atom. The minimum absolute atomic E-state index is 0.479. The third-order valence-corrected chi connectivity index (χ3v) is 1.98. The number of pyridine rings is 1. The van der Waals surface area contributed by atoms with E-state index in [-0.39, 0.29) is 0 Å². The number of hydrogen-bond donors (Lipinski definition) is 1. The van der Waals surface area contributed by atoms with E-state index in [1.54, 1.807) is 12.4 Å². The van der Waals surface area contributed by atoms with Gasteiger partial charge in [-0.2, -0.15) is 0 Å². The van der Waals surface area contributed by atoms with Crippen molar-refractivity contribution < 1.29 is 4.74 Å². The lowest BCUT2D eigenvalue weighted by Crippen LogP contribution is -2.18. The molecule has 64 valence electrons. The first kappa shape index (κ1) is 7.55. The highest BCUT2D eigenvalue weighted by atomic mass is 16.5. The molecule has 0 amide bonds. The summed E-state index contributed by atoms with van der Waals surface area (Å²) in [5.74, 6) is 0. The van der Waals surface area contributed by atoms with Gasteiger partial charge in [-0.25, -0.2) is 0 Å². The molecule has 1 fully saturated rings. The van der Waals surface area contributed by atoms with Crippen molar-refractivity contribution in [3.05, 3.63) is 24.5 Å². The van der Waals surface area contributed by atoms with E-state index in [1.165, 1.54) is 0 Å². The van der Waals surface area contributed by atoms with Crippen LogP contribution in [-0.2, 0) is 4.74 Å². The topological polar surface area (TPSA) is 34.1 Å². The molecule has 1 atom stereocenters. The normalized spacial score (nSPS) is 22.5. The summed E-state index contributed by atoms with van der Waals surface area (Å²) in [6.45, 7) is 1.70. The molecule has 0 radical (unpaired) electrons. The van der Waals surface area contributed by atoms with Crippen molar-refractivity contribution in [2.45, 2.75) is 12.5 Å². The molecule has 1 saturated heterocycles. The second kappa shape index (κ2) is 3.54. The van der Waals surface area contributed by atoms with E-state index in [0.717, 1.165) is 25.3 Å². The van der Waals surface area contributed by atoms with Crippen molar-refractivity contribution in [3.63, 3.8) is 0 Å². The van der Waals surface area contributed by atoms with Crippen LogP contribution in [-0.4, -0.2) is 24.2 Å². The smallest absolute Gasteiger partial charge is 0.0668 e. The van der Waals surface area contributed by atoms with Gasteiger partial charge < -0.3 is 10.1 Å². The number of hydrogen-bond acceptors (Lipinski definition) is 3. The molecule has 1 aliphatic rings. The predicted octanol–water partition coefficient (Wildman–Crippen LogP) is 1.28. The molecule has 1 N–H and O–H groups in total. The Balaban J connectivity index is 1.94. The highest BCUT2D eigenvalue weighted by molar-refractivity contribution is 5.41. The van der Waals surface area contributed by atoms with Crippen LogP contribution < -0.4 is 5.32 Å². The SMILES string of the molecule is c1cc(NC2CCOC2)ccn1. The van der Waals surface area contributed by atoms with Crippen LogP contribution >= 0.6 is 0 Å². The summed E-state index contributed by atoms with van der Waals surface area (Å²) in [6.07, 6.45) is 4.68. The van der Waals surface area contributed by atoms with Crippen molar-refractivity contribution in [1.29, 1.82) is 0 Å². The molecule has 0 aromatic carbocycles. The number of nitrogens with zero attached hydrogens (tertiary/aromatic N) is 1. The van der Waals surface area contributed by atoms with Gasteiger partial charge in [0.25, 0.3) is 0 Å². The van der Waals surface area contributed by atoms with Gasteiger partial charge in [0.1, 0.15) is 0 Å². The van der Waals surface area contributed by atoms with Crippen LogP contribution in [0, 0.1) is 0 Å². The molecule has 1 aromatic heterocycles. The van der Waals surface area contributed by atoms with E-state index >= 15 is 0 Å². The number of aromatic nitrogens is 1. The minimum atomic E-state index is 0.479. The maximum Gasteiger partial charge on any atom is 0.0668 e. The summed E-state index contributed by atoms with van der Waals surface area (Å²) in [6, 6.07) is 4.42. The Kier molecular flexibility index (Phi) is 2.23. The summed E-state index contributed by atoms with van der Waals surface area (Å²) >= 11 is 0. The van der Waals surface area contributed by atoms with Gasteiger partial charge in [-0.1, -0.05) is 0 Å². The fourth-order valence-corrected chi connectivity index (χ4v) is 1.33. The molecule has 0 saturated carbocycles. The summed E-state index contributed by atoms with van der Waals surface area (Å²) in [7, 11) is 0. The maximum atomic E-state index is 5.25. The molecule has 1 unspecified atom stereocenters. The molecule has 3 heteroatoms. The lowest BCUT2D eigenvalue weighted by molar-refractivity contribution is 0.195. The Hall–Kier alpha value is -1.09. The van der Waals surface area contributed by atoms with Crippen molar-refractivity contribution in [2.24, 2.45) is 0 Å². The van der Waals surface area contributed by atoms with Crippen molar-refractivity contribution >= 4 is 5.69 Å². The fraction of sp³-hybridized carbons (Fsp3) is 0.444. The van der Waals surface area contributed by atoms with E-state index in [1.807, 2.05) is 12.1 Å². The first-order valence-corrected chi connectivity index (χ1v) is 4.19. The van der Waals surface area contributed by atoms with Crippen LogP contribution in [0.15, 0.2) is 24.5 Å². The van der Waals surface area contributed by atoms with Gasteiger partial charge >= 0.3 is 0 Å². The monoisotopic (exact) mass is 164 g/mol. The highest BCUT2D eigenvalue weighted by Crippen LogP contribution is 2.11. The van der Waals surface area contributed by atoms with E-state index in [0.29, 0.717) is 6.04 Å². The highest BCUT2D eigenvalue weighted by Gasteiger charge is 2.14. The third kappa shape index (κ3) is 1.74. The first-order chi connectivity index (χ1) is 5.95. The molecule has 2 heterocycles. The molecule has 2 rings (SSSR count). The molecule has 1 aromatic rings. The average Bonchev–Trinajstić information content (AvgIpc) is 2.59. The summed E-state index contributed by atoms with van der Waals surface area (Å²) in [5, 5.41) is 3.38. The van der Waals surface area contributed by atoms with E-state index in [9.17, 15) is 0 Å². The number of nitrogens with one attached hydrogen (secondary N) is 1.